The van der Waals surface area contributed by atoms with Crippen molar-refractivity contribution in [1.29, 1.82) is 0 Å². The third-order valence-electron chi connectivity index (χ3n) is 15.7. The Morgan fingerprint density at radius 2 is 1.09 bits per heavy atom. The first-order valence-corrected chi connectivity index (χ1v) is 26.6. The van der Waals surface area contributed by atoms with Gasteiger partial charge in [0.15, 0.2) is 5.84 Å². The molecule has 0 N–H and O–H groups in total. The van der Waals surface area contributed by atoms with Crippen LogP contribution in [0.3, 0.4) is 0 Å². The highest BCUT2D eigenvalue weighted by molar-refractivity contribution is 7.26. The zero-order valence-corrected chi connectivity index (χ0v) is 41.6. The van der Waals surface area contributed by atoms with Crippen LogP contribution < -0.4 is 0 Å². The number of benzene rings is 11. The second-order valence-electron chi connectivity index (χ2n) is 20.0. The fourth-order valence-electron chi connectivity index (χ4n) is 12.4. The van der Waals surface area contributed by atoms with Gasteiger partial charge < -0.3 is 13.6 Å². The van der Waals surface area contributed by atoms with Crippen molar-refractivity contribution in [3.05, 3.63) is 247 Å². The van der Waals surface area contributed by atoms with Crippen LogP contribution in [0.5, 0.6) is 0 Å². The van der Waals surface area contributed by atoms with Crippen molar-refractivity contribution in [2.24, 2.45) is 15.9 Å². The Morgan fingerprint density at radius 1 is 0.480 bits per heavy atom. The number of hydrogen-bond donors (Lipinski definition) is 0. The van der Waals surface area contributed by atoms with E-state index in [1.807, 2.05) is 17.4 Å². The third kappa shape index (κ3) is 6.24. The lowest BCUT2D eigenvalue weighted by Gasteiger charge is -2.23. The van der Waals surface area contributed by atoms with E-state index in [0.29, 0.717) is 12.3 Å². The molecule has 0 fully saturated rings. The largest absolute Gasteiger partial charge is 0.455 e. The molecule has 1 unspecified atom stereocenters. The van der Waals surface area contributed by atoms with E-state index < -0.39 is 0 Å². The van der Waals surface area contributed by atoms with Crippen LogP contribution in [0.25, 0.3) is 124 Å². The highest BCUT2D eigenvalue weighted by atomic mass is 32.1. The Balaban J connectivity index is 1.05. The molecule has 1 aliphatic heterocycles. The Kier molecular flexibility index (Phi) is 9.18. The predicted octanol–water partition coefficient (Wildman–Crippen LogP) is 18.8. The van der Waals surface area contributed by atoms with Crippen LogP contribution in [0, 0.1) is 5.92 Å². The number of para-hydroxylation sites is 6. The van der Waals surface area contributed by atoms with Crippen LogP contribution >= 0.6 is 11.3 Å². The molecule has 1 aliphatic rings. The summed E-state index contributed by atoms with van der Waals surface area (Å²) in [5.74, 6) is 0.568. The van der Waals surface area contributed by atoms with Gasteiger partial charge in [0.2, 0.25) is 0 Å². The van der Waals surface area contributed by atoms with E-state index in [4.69, 9.17) is 14.4 Å². The number of furan rings is 1. The summed E-state index contributed by atoms with van der Waals surface area (Å²) >= 11 is 1.87. The molecule has 4 aromatic heterocycles. The molecular weight excluding hydrogens is 933 g/mol. The molecule has 5 nitrogen and oxygen atoms in total. The fraction of sp³-hybridized carbons (Fsp3) is 0.0435. The van der Waals surface area contributed by atoms with Crippen LogP contribution in [0.4, 0.5) is 0 Å². The van der Waals surface area contributed by atoms with E-state index in [1.165, 1.54) is 57.9 Å². The third-order valence-corrected chi connectivity index (χ3v) is 16.9. The average Bonchev–Trinajstić information content (AvgIpc) is 4.25. The van der Waals surface area contributed by atoms with Gasteiger partial charge in [0.05, 0.1) is 44.7 Å². The highest BCUT2D eigenvalue weighted by Crippen LogP contribution is 2.50. The molecule has 0 amide bonds. The lowest BCUT2D eigenvalue weighted by atomic mass is 9.90. The van der Waals surface area contributed by atoms with E-state index in [1.54, 1.807) is 0 Å². The summed E-state index contributed by atoms with van der Waals surface area (Å²) in [7, 11) is 0. The Labute approximate surface area is 434 Å². The number of amidine groups is 1. The van der Waals surface area contributed by atoms with Gasteiger partial charge in [-0.05, 0) is 77.2 Å². The van der Waals surface area contributed by atoms with E-state index in [-0.39, 0.29) is 5.92 Å². The first kappa shape index (κ1) is 42.2. The van der Waals surface area contributed by atoms with Crippen molar-refractivity contribution in [3.63, 3.8) is 0 Å². The summed E-state index contributed by atoms with van der Waals surface area (Å²) in [6, 6.07) is 81.2. The van der Waals surface area contributed by atoms with Crippen molar-refractivity contribution in [2.75, 3.05) is 0 Å². The van der Waals surface area contributed by atoms with E-state index in [9.17, 15) is 0 Å². The summed E-state index contributed by atoms with van der Waals surface area (Å²) < 4.78 is 14.4. The molecule has 15 aromatic rings. The monoisotopic (exact) mass is 976 g/mol. The van der Waals surface area contributed by atoms with Gasteiger partial charge in [-0.25, -0.2) is 9.98 Å². The molecule has 1 atom stereocenters. The number of aromatic nitrogens is 2. The van der Waals surface area contributed by atoms with E-state index >= 15 is 0 Å². The molecular formula is C69H44N4OS. The van der Waals surface area contributed by atoms with E-state index in [0.717, 1.165) is 88.9 Å². The zero-order chi connectivity index (χ0) is 49.3. The van der Waals surface area contributed by atoms with Crippen molar-refractivity contribution >= 4 is 136 Å². The minimum atomic E-state index is -0.0340. The molecule has 6 heteroatoms. The van der Waals surface area contributed by atoms with Gasteiger partial charge >= 0.3 is 0 Å². The predicted molar refractivity (Wildman–Crippen MR) is 318 cm³/mol. The molecule has 5 heterocycles. The van der Waals surface area contributed by atoms with Crippen LogP contribution in [-0.2, 0) is 0 Å². The zero-order valence-electron chi connectivity index (χ0n) is 40.8. The van der Waals surface area contributed by atoms with Crippen molar-refractivity contribution in [2.45, 2.75) is 13.3 Å². The molecule has 0 spiro atoms. The topological polar surface area (TPSA) is 47.7 Å². The smallest absolute Gasteiger partial charge is 0.163 e. The maximum absolute atomic E-state index is 6.91. The summed E-state index contributed by atoms with van der Waals surface area (Å²) in [6.07, 6.45) is 3.09. The van der Waals surface area contributed by atoms with Crippen LogP contribution in [0.1, 0.15) is 30.0 Å². The number of hydrogen-bond acceptors (Lipinski definition) is 4. The van der Waals surface area contributed by atoms with Crippen LogP contribution in [-0.4, -0.2) is 20.7 Å². The van der Waals surface area contributed by atoms with Gasteiger partial charge in [-0.2, -0.15) is 0 Å². The molecule has 11 aromatic carbocycles. The van der Waals surface area contributed by atoms with Gasteiger partial charge in [-0.3, -0.25) is 0 Å². The first-order valence-electron chi connectivity index (χ1n) is 25.8. The summed E-state index contributed by atoms with van der Waals surface area (Å²) in [5.41, 5.74) is 13.2. The second-order valence-corrected chi connectivity index (χ2v) is 21.0. The molecule has 0 radical (unpaired) electrons. The number of rotatable bonds is 5. The molecule has 0 saturated heterocycles. The summed E-state index contributed by atoms with van der Waals surface area (Å²) in [6.45, 7) is 2.33. The Morgan fingerprint density at radius 3 is 1.91 bits per heavy atom. The van der Waals surface area contributed by atoms with Gasteiger partial charge in [-0.15, -0.1) is 11.3 Å². The Hall–Kier alpha value is -9.36. The molecule has 352 valence electrons. The molecule has 75 heavy (non-hydrogen) atoms. The van der Waals surface area contributed by atoms with E-state index in [2.05, 4.69) is 241 Å². The quantitative estimate of drug-likeness (QED) is 0.169. The standard InChI is InChI=1S/C69H44N4OS/c1-41-37-38-56(62-48-26-7-8-27-51(48)68-63(52-28-12-16-36-61(52)75-68)66(62)73-58-34-14-10-24-46(58)55-39-42-19-5-6-20-43(42)40-59(55)73)70-69(54-32-18-30-50-47-25-11-15-35-60(47)74-67(50)54)71-64(41)53-31-17-29-49-45-23-9-13-33-57(45)72(65(49)53)44-21-3-2-4-22-44/h2-36,38-41H,37H2,1H3/b56-38+,70-69?,71-64?. The van der Waals surface area contributed by atoms with Crippen molar-refractivity contribution in [3.8, 4) is 11.4 Å². The molecule has 0 bridgehead atoms. The van der Waals surface area contributed by atoms with Crippen LogP contribution in [0.15, 0.2) is 245 Å². The number of nitrogens with zero attached hydrogens (tertiary/aromatic N) is 4. The minimum Gasteiger partial charge on any atom is -0.455 e. The van der Waals surface area contributed by atoms with Gasteiger partial charge in [-0.1, -0.05) is 183 Å². The SMILES string of the molecule is CC1C/C=C(\c2c(-n3c4ccccc4c4cc5ccccc5cc43)c3c4ccccc4sc3c3ccccc23)N=C(c2cccc3c2oc2ccccc23)N=C1c1cccc2c3ccccc3n(-c3ccccc3)c12. The van der Waals surface area contributed by atoms with Crippen LogP contribution in [0.2, 0.25) is 0 Å². The summed E-state index contributed by atoms with van der Waals surface area (Å²) in [4.78, 5) is 12.0. The fourth-order valence-corrected chi connectivity index (χ4v) is 13.7. The maximum Gasteiger partial charge on any atom is 0.163 e. The lowest BCUT2D eigenvalue weighted by molar-refractivity contribution is 0.668. The van der Waals surface area contributed by atoms with Crippen molar-refractivity contribution < 1.29 is 4.42 Å². The van der Waals surface area contributed by atoms with Gasteiger partial charge in [0.25, 0.3) is 0 Å². The number of allylic oxidation sites excluding steroid dienone is 1. The molecule has 0 aliphatic carbocycles. The Bertz CT molecular complexity index is 5000. The van der Waals surface area contributed by atoms with Gasteiger partial charge in [0.1, 0.15) is 11.2 Å². The summed E-state index contributed by atoms with van der Waals surface area (Å²) in [5, 5.41) is 14.1. The number of fused-ring (bicyclic) bond motifs is 15. The lowest BCUT2D eigenvalue weighted by Crippen LogP contribution is -2.18. The van der Waals surface area contributed by atoms with Crippen molar-refractivity contribution in [1.82, 2.24) is 9.13 Å². The number of aliphatic imine (C=N–C) groups is 2. The average molecular weight is 977 g/mol. The molecule has 16 rings (SSSR count). The first-order chi connectivity index (χ1) is 37.1. The second kappa shape index (κ2) is 16.3. The maximum atomic E-state index is 6.91. The molecule has 0 saturated carbocycles. The highest BCUT2D eigenvalue weighted by Gasteiger charge is 2.29. The number of thiophene rings is 1. The minimum absolute atomic E-state index is 0.0340. The van der Waals surface area contributed by atoms with Gasteiger partial charge in [0, 0.05) is 80.6 Å². The normalized spacial score (nSPS) is 15.2.